The number of hydrogen-bond acceptors (Lipinski definition) is 3. The molecule has 5 nitrogen and oxygen atoms in total. The summed E-state index contributed by atoms with van der Waals surface area (Å²) in [5.74, 6) is -0.0508. The number of nitrogens with one attached hydrogen (secondary N) is 1. The summed E-state index contributed by atoms with van der Waals surface area (Å²) >= 11 is 0. The van der Waals surface area contributed by atoms with Crippen molar-refractivity contribution in [1.82, 2.24) is 15.1 Å². The van der Waals surface area contributed by atoms with Crippen molar-refractivity contribution in [2.24, 2.45) is 0 Å². The second-order valence-electron chi connectivity index (χ2n) is 7.14. The minimum absolute atomic E-state index is 0.0508. The molecular formula is C21H29N3O2. The van der Waals surface area contributed by atoms with Crippen LogP contribution in [0, 0.1) is 13.8 Å². The molecule has 0 spiro atoms. The summed E-state index contributed by atoms with van der Waals surface area (Å²) < 4.78 is 7.75. The predicted octanol–water partition coefficient (Wildman–Crippen LogP) is 3.51. The Labute approximate surface area is 155 Å². The highest BCUT2D eigenvalue weighted by Gasteiger charge is 2.16. The molecule has 0 saturated heterocycles. The highest BCUT2D eigenvalue weighted by atomic mass is 16.5. The molecule has 5 heteroatoms. The van der Waals surface area contributed by atoms with Crippen LogP contribution in [0.15, 0.2) is 30.3 Å². The highest BCUT2D eigenvalue weighted by Crippen LogP contribution is 2.20. The molecule has 1 fully saturated rings. The maximum Gasteiger partial charge on any atom is 0.246 e. The fourth-order valence-electron chi connectivity index (χ4n) is 3.56. The van der Waals surface area contributed by atoms with Gasteiger partial charge in [-0.2, -0.15) is 5.10 Å². The highest BCUT2D eigenvalue weighted by molar-refractivity contribution is 5.77. The van der Waals surface area contributed by atoms with E-state index in [1.54, 1.807) is 0 Å². The average molecular weight is 355 g/mol. The first-order valence-electron chi connectivity index (χ1n) is 9.58. The molecule has 0 aliphatic heterocycles. The summed E-state index contributed by atoms with van der Waals surface area (Å²) in [5.41, 5.74) is 4.37. The first kappa shape index (κ1) is 18.6. The maximum absolute atomic E-state index is 12.1. The zero-order valence-corrected chi connectivity index (χ0v) is 15.8. The van der Waals surface area contributed by atoms with Gasteiger partial charge in [0, 0.05) is 17.8 Å². The molecule has 1 aliphatic carbocycles. The van der Waals surface area contributed by atoms with E-state index in [1.807, 2.05) is 29.8 Å². The van der Waals surface area contributed by atoms with Crippen LogP contribution in [0.3, 0.4) is 0 Å². The average Bonchev–Trinajstić information content (AvgIpc) is 2.93. The topological polar surface area (TPSA) is 56.2 Å². The quantitative estimate of drug-likeness (QED) is 0.827. The molecule has 1 heterocycles. The van der Waals surface area contributed by atoms with E-state index < -0.39 is 0 Å². The molecule has 3 rings (SSSR count). The van der Waals surface area contributed by atoms with Crippen LogP contribution in [-0.2, 0) is 22.6 Å². The van der Waals surface area contributed by atoms with Gasteiger partial charge in [0.05, 0.1) is 18.3 Å². The summed E-state index contributed by atoms with van der Waals surface area (Å²) in [6.45, 7) is 5.45. The lowest BCUT2D eigenvalue weighted by Crippen LogP contribution is -2.30. The van der Waals surface area contributed by atoms with Gasteiger partial charge >= 0.3 is 0 Å². The van der Waals surface area contributed by atoms with Crippen LogP contribution in [0.25, 0.3) is 0 Å². The number of aryl methyl sites for hydroxylation is 1. The molecule has 1 amide bonds. The normalized spacial score (nSPS) is 15.2. The van der Waals surface area contributed by atoms with Crippen molar-refractivity contribution in [3.63, 3.8) is 0 Å². The smallest absolute Gasteiger partial charge is 0.246 e. The van der Waals surface area contributed by atoms with Gasteiger partial charge in [-0.3, -0.25) is 9.48 Å². The van der Waals surface area contributed by atoms with Gasteiger partial charge in [0.1, 0.15) is 6.61 Å². The van der Waals surface area contributed by atoms with Crippen molar-refractivity contribution in [1.29, 1.82) is 0 Å². The van der Waals surface area contributed by atoms with E-state index >= 15 is 0 Å². The van der Waals surface area contributed by atoms with E-state index in [-0.39, 0.29) is 18.6 Å². The number of carbonyl (C=O) groups excluding carboxylic acids is 1. The predicted molar refractivity (Wildman–Crippen MR) is 102 cm³/mol. The molecule has 0 atom stereocenters. The molecule has 0 bridgehead atoms. The molecule has 1 aromatic carbocycles. The summed E-state index contributed by atoms with van der Waals surface area (Å²) in [4.78, 5) is 12.1. The Morgan fingerprint density at radius 3 is 2.65 bits per heavy atom. The van der Waals surface area contributed by atoms with E-state index in [0.717, 1.165) is 36.3 Å². The third kappa shape index (κ3) is 4.94. The lowest BCUT2D eigenvalue weighted by atomic mass is 9.98. The third-order valence-electron chi connectivity index (χ3n) is 5.17. The number of aromatic nitrogens is 2. The first-order chi connectivity index (χ1) is 12.6. The van der Waals surface area contributed by atoms with Gasteiger partial charge in [0.15, 0.2) is 0 Å². The van der Waals surface area contributed by atoms with Crippen LogP contribution < -0.4 is 5.32 Å². The summed E-state index contributed by atoms with van der Waals surface area (Å²) in [7, 11) is 0. The molecule has 1 saturated carbocycles. The number of carbonyl (C=O) groups is 1. The zero-order valence-electron chi connectivity index (χ0n) is 15.8. The standard InChI is InChI=1S/C21H29N3O2/c1-16-20(13-22-21(25)15-26-19-11-7-4-8-12-19)17(2)24(23-16)14-18-9-5-3-6-10-18/h3,5-6,9-10,19H,4,7-8,11-15H2,1-2H3,(H,22,25). The molecule has 0 unspecified atom stereocenters. The number of nitrogens with zero attached hydrogens (tertiary/aromatic N) is 2. The van der Waals surface area contributed by atoms with Crippen molar-refractivity contribution >= 4 is 5.91 Å². The fraction of sp³-hybridized carbons (Fsp3) is 0.524. The Kier molecular flexibility index (Phi) is 6.45. The number of ether oxygens (including phenoxy) is 1. The summed E-state index contributed by atoms with van der Waals surface area (Å²) in [6, 6.07) is 10.3. The van der Waals surface area contributed by atoms with Gasteiger partial charge in [0.2, 0.25) is 5.91 Å². The third-order valence-corrected chi connectivity index (χ3v) is 5.17. The minimum Gasteiger partial charge on any atom is -0.368 e. The van der Waals surface area contributed by atoms with Crippen LogP contribution in [0.2, 0.25) is 0 Å². The van der Waals surface area contributed by atoms with E-state index in [0.29, 0.717) is 6.54 Å². The van der Waals surface area contributed by atoms with Gasteiger partial charge in [0.25, 0.3) is 0 Å². The number of rotatable bonds is 7. The molecule has 1 aliphatic rings. The molecule has 1 aromatic heterocycles. The summed E-state index contributed by atoms with van der Waals surface area (Å²) in [5, 5.41) is 7.62. The fourth-order valence-corrected chi connectivity index (χ4v) is 3.56. The van der Waals surface area contributed by atoms with E-state index in [4.69, 9.17) is 4.74 Å². The molecule has 0 radical (unpaired) electrons. The molecule has 1 N–H and O–H groups in total. The van der Waals surface area contributed by atoms with Crippen LogP contribution in [0.4, 0.5) is 0 Å². The van der Waals surface area contributed by atoms with Crippen LogP contribution in [-0.4, -0.2) is 28.4 Å². The number of benzene rings is 1. The Morgan fingerprint density at radius 2 is 1.92 bits per heavy atom. The molecule has 2 aromatic rings. The number of amides is 1. The maximum atomic E-state index is 12.1. The second-order valence-corrected chi connectivity index (χ2v) is 7.14. The van der Waals surface area contributed by atoms with E-state index in [9.17, 15) is 4.79 Å². The SMILES string of the molecule is Cc1nn(Cc2ccccc2)c(C)c1CNC(=O)COC1CCCCC1. The van der Waals surface area contributed by atoms with Gasteiger partial charge < -0.3 is 10.1 Å². The molecule has 140 valence electrons. The van der Waals surface area contributed by atoms with Crippen molar-refractivity contribution < 1.29 is 9.53 Å². The van der Waals surface area contributed by atoms with Crippen LogP contribution in [0.1, 0.15) is 54.6 Å². The summed E-state index contributed by atoms with van der Waals surface area (Å²) in [6.07, 6.45) is 6.13. The Bertz CT molecular complexity index is 718. The van der Waals surface area contributed by atoms with Crippen molar-refractivity contribution in [2.75, 3.05) is 6.61 Å². The van der Waals surface area contributed by atoms with Crippen LogP contribution >= 0.6 is 0 Å². The zero-order chi connectivity index (χ0) is 18.4. The monoisotopic (exact) mass is 355 g/mol. The van der Waals surface area contributed by atoms with Crippen molar-refractivity contribution in [3.05, 3.63) is 52.8 Å². The van der Waals surface area contributed by atoms with Gasteiger partial charge in [-0.25, -0.2) is 0 Å². The molecular weight excluding hydrogens is 326 g/mol. The van der Waals surface area contributed by atoms with Gasteiger partial charge in [-0.05, 0) is 32.3 Å². The van der Waals surface area contributed by atoms with Crippen LogP contribution in [0.5, 0.6) is 0 Å². The van der Waals surface area contributed by atoms with Gasteiger partial charge in [-0.1, -0.05) is 49.6 Å². The Balaban J connectivity index is 1.52. The Morgan fingerprint density at radius 1 is 1.19 bits per heavy atom. The first-order valence-corrected chi connectivity index (χ1v) is 9.58. The van der Waals surface area contributed by atoms with E-state index in [2.05, 4.69) is 29.5 Å². The van der Waals surface area contributed by atoms with Gasteiger partial charge in [-0.15, -0.1) is 0 Å². The second kappa shape index (κ2) is 8.99. The lowest BCUT2D eigenvalue weighted by molar-refractivity contribution is -0.128. The lowest BCUT2D eigenvalue weighted by Gasteiger charge is -2.21. The van der Waals surface area contributed by atoms with E-state index in [1.165, 1.54) is 24.8 Å². The minimum atomic E-state index is -0.0508. The largest absolute Gasteiger partial charge is 0.368 e. The molecule has 26 heavy (non-hydrogen) atoms. The number of hydrogen-bond donors (Lipinski definition) is 1. The van der Waals surface area contributed by atoms with Crippen molar-refractivity contribution in [2.45, 2.75) is 65.1 Å². The Hall–Kier alpha value is -2.14. The van der Waals surface area contributed by atoms with Crippen molar-refractivity contribution in [3.8, 4) is 0 Å².